The molecule has 0 saturated heterocycles. The van der Waals surface area contributed by atoms with Crippen LogP contribution in [0.5, 0.6) is 5.88 Å². The van der Waals surface area contributed by atoms with Crippen LogP contribution in [0, 0.1) is 6.92 Å². The number of fused-ring (bicyclic) bond motifs is 2. The Morgan fingerprint density at radius 2 is 1.79 bits per heavy atom. The Hall–Kier alpha value is -3.97. The van der Waals surface area contributed by atoms with Crippen LogP contribution in [0.2, 0.25) is 5.02 Å². The summed E-state index contributed by atoms with van der Waals surface area (Å²) in [6.45, 7) is 5.14. The predicted octanol–water partition coefficient (Wildman–Crippen LogP) is 6.65. The molecule has 1 N–H and O–H groups in total. The van der Waals surface area contributed by atoms with Gasteiger partial charge in [0.2, 0.25) is 5.88 Å². The van der Waals surface area contributed by atoms with E-state index in [1.165, 1.54) is 0 Å². The molecule has 0 radical (unpaired) electrons. The van der Waals surface area contributed by atoms with E-state index in [2.05, 4.69) is 26.7 Å². The highest BCUT2D eigenvalue weighted by atomic mass is 35.5. The van der Waals surface area contributed by atoms with Crippen molar-refractivity contribution < 1.29 is 9.90 Å². The minimum Gasteiger partial charge on any atom is -0.493 e. The molecule has 170 valence electrons. The van der Waals surface area contributed by atoms with Gasteiger partial charge in [0, 0.05) is 22.5 Å². The monoisotopic (exact) mass is 471 g/mol. The average molecular weight is 472 g/mol. The lowest BCUT2D eigenvalue weighted by Gasteiger charge is -2.08. The fraction of sp³-hybridized carbons (Fsp3) is 0.154. The number of amides is 1. The van der Waals surface area contributed by atoms with Crippen LogP contribution in [-0.2, 0) is 13.1 Å². The third-order valence-corrected chi connectivity index (χ3v) is 6.32. The second kappa shape index (κ2) is 8.76. The lowest BCUT2D eigenvalue weighted by atomic mass is 10.2. The maximum absolute atomic E-state index is 12.8. The van der Waals surface area contributed by atoms with Crippen molar-refractivity contribution in [3.05, 3.63) is 88.7 Å². The maximum atomic E-state index is 12.8. The number of imidazole rings is 1. The minimum atomic E-state index is -0.507. The molecule has 5 aromatic rings. The summed E-state index contributed by atoms with van der Waals surface area (Å²) in [5.74, 6) is 0.304. The van der Waals surface area contributed by atoms with Crippen molar-refractivity contribution in [2.75, 3.05) is 0 Å². The Morgan fingerprint density at radius 3 is 2.59 bits per heavy atom. The maximum Gasteiger partial charge on any atom is 0.295 e. The molecule has 8 heteroatoms. The SMILES string of the molecule is CCn1c(C)nc2cc(C(=O)N=Nc3c(O)n(Cc4ccccc4Cl)c4ccccc34)ccc21. The number of azo groups is 1. The zero-order chi connectivity index (χ0) is 23.8. The second-order valence-corrected chi connectivity index (χ2v) is 8.39. The van der Waals surface area contributed by atoms with Crippen LogP contribution < -0.4 is 0 Å². The van der Waals surface area contributed by atoms with E-state index >= 15 is 0 Å². The number of aromatic hydroxyl groups is 1. The van der Waals surface area contributed by atoms with Gasteiger partial charge in [-0.25, -0.2) is 4.98 Å². The molecule has 0 saturated carbocycles. The van der Waals surface area contributed by atoms with Crippen LogP contribution in [0.1, 0.15) is 28.7 Å². The summed E-state index contributed by atoms with van der Waals surface area (Å²) in [6.07, 6.45) is 0. The van der Waals surface area contributed by atoms with Crippen LogP contribution in [0.3, 0.4) is 0 Å². The molecular formula is C26H22ClN5O2. The van der Waals surface area contributed by atoms with Crippen LogP contribution in [0.25, 0.3) is 21.9 Å². The quantitative estimate of drug-likeness (QED) is 0.291. The lowest BCUT2D eigenvalue weighted by Crippen LogP contribution is -1.99. The van der Waals surface area contributed by atoms with E-state index in [1.54, 1.807) is 22.8 Å². The summed E-state index contributed by atoms with van der Waals surface area (Å²) < 4.78 is 3.79. The Kier molecular flexibility index (Phi) is 5.63. The standard InChI is InChI=1S/C26H22ClN5O2/c1-3-31-16(2)28-21-14-17(12-13-23(21)31)25(33)30-29-24-19-9-5-7-11-22(19)32(26(24)34)15-18-8-4-6-10-20(18)27/h4-14,34H,3,15H2,1-2H3. The van der Waals surface area contributed by atoms with E-state index < -0.39 is 5.91 Å². The highest BCUT2D eigenvalue weighted by molar-refractivity contribution is 6.31. The van der Waals surface area contributed by atoms with Crippen molar-refractivity contribution in [2.24, 2.45) is 10.2 Å². The number of rotatable bonds is 5. The smallest absolute Gasteiger partial charge is 0.295 e. The van der Waals surface area contributed by atoms with Gasteiger partial charge in [0.1, 0.15) is 5.82 Å². The summed E-state index contributed by atoms with van der Waals surface area (Å²) in [6, 6.07) is 20.2. The van der Waals surface area contributed by atoms with Crippen molar-refractivity contribution in [2.45, 2.75) is 26.9 Å². The number of benzene rings is 3. The molecule has 3 aromatic carbocycles. The second-order valence-electron chi connectivity index (χ2n) is 7.98. The highest BCUT2D eigenvalue weighted by Crippen LogP contribution is 2.39. The van der Waals surface area contributed by atoms with Gasteiger partial charge in [0.15, 0.2) is 5.69 Å². The Balaban J connectivity index is 1.51. The van der Waals surface area contributed by atoms with E-state index in [0.29, 0.717) is 22.5 Å². The topological polar surface area (TPSA) is 84.8 Å². The number of hydrogen-bond acceptors (Lipinski definition) is 4. The molecule has 7 nitrogen and oxygen atoms in total. The molecule has 2 aromatic heterocycles. The largest absolute Gasteiger partial charge is 0.493 e. The Bertz CT molecular complexity index is 1580. The molecule has 0 aliphatic rings. The van der Waals surface area contributed by atoms with E-state index in [9.17, 15) is 9.90 Å². The minimum absolute atomic E-state index is 0.0783. The molecule has 0 aliphatic carbocycles. The highest BCUT2D eigenvalue weighted by Gasteiger charge is 2.18. The lowest BCUT2D eigenvalue weighted by molar-refractivity contribution is 0.0995. The van der Waals surface area contributed by atoms with Crippen LogP contribution in [-0.4, -0.2) is 25.1 Å². The number of nitrogens with zero attached hydrogens (tertiary/aromatic N) is 5. The van der Waals surface area contributed by atoms with Crippen molar-refractivity contribution in [3.8, 4) is 5.88 Å². The first-order chi connectivity index (χ1) is 16.5. The molecule has 0 spiro atoms. The van der Waals surface area contributed by atoms with E-state index in [4.69, 9.17) is 11.6 Å². The first-order valence-electron chi connectivity index (χ1n) is 10.9. The number of carbonyl (C=O) groups excluding carboxylic acids is 1. The van der Waals surface area contributed by atoms with Crippen molar-refractivity contribution >= 4 is 45.1 Å². The van der Waals surface area contributed by atoms with Gasteiger partial charge in [0.05, 0.1) is 23.1 Å². The number of carbonyl (C=O) groups is 1. The Morgan fingerprint density at radius 1 is 1.03 bits per heavy atom. The average Bonchev–Trinajstić information content (AvgIpc) is 3.30. The molecule has 0 aliphatic heterocycles. The van der Waals surface area contributed by atoms with E-state index in [1.807, 2.05) is 55.5 Å². The van der Waals surface area contributed by atoms with Crippen molar-refractivity contribution in [3.63, 3.8) is 0 Å². The fourth-order valence-electron chi connectivity index (χ4n) is 4.26. The molecule has 34 heavy (non-hydrogen) atoms. The normalized spacial score (nSPS) is 11.7. The Labute approximate surface area is 200 Å². The first kappa shape index (κ1) is 21.9. The van der Waals surface area contributed by atoms with Gasteiger partial charge in [-0.3, -0.25) is 4.79 Å². The zero-order valence-electron chi connectivity index (χ0n) is 18.7. The molecular weight excluding hydrogens is 450 g/mol. The van der Waals surface area contributed by atoms with Gasteiger partial charge in [-0.15, -0.1) is 10.2 Å². The number of aryl methyl sites for hydroxylation is 2. The molecule has 5 rings (SSSR count). The van der Waals surface area contributed by atoms with Gasteiger partial charge >= 0.3 is 0 Å². The summed E-state index contributed by atoms with van der Waals surface area (Å²) in [5.41, 5.74) is 3.95. The molecule has 0 unspecified atom stereocenters. The summed E-state index contributed by atoms with van der Waals surface area (Å²) in [4.78, 5) is 17.3. The molecule has 0 fully saturated rings. The molecule has 0 atom stereocenters. The van der Waals surface area contributed by atoms with Gasteiger partial charge in [-0.2, -0.15) is 0 Å². The molecule has 0 bridgehead atoms. The summed E-state index contributed by atoms with van der Waals surface area (Å²) in [7, 11) is 0. The number of halogens is 1. The van der Waals surface area contributed by atoms with Gasteiger partial charge in [-0.05, 0) is 49.7 Å². The number of hydrogen-bond donors (Lipinski definition) is 1. The van der Waals surface area contributed by atoms with E-state index in [0.717, 1.165) is 34.5 Å². The van der Waals surface area contributed by atoms with Crippen molar-refractivity contribution in [1.29, 1.82) is 0 Å². The van der Waals surface area contributed by atoms with Crippen LogP contribution in [0.15, 0.2) is 77.0 Å². The van der Waals surface area contributed by atoms with Gasteiger partial charge in [-0.1, -0.05) is 48.0 Å². The third-order valence-electron chi connectivity index (χ3n) is 5.95. The third kappa shape index (κ3) is 3.74. The van der Waals surface area contributed by atoms with Crippen LogP contribution in [0.4, 0.5) is 5.69 Å². The summed E-state index contributed by atoms with van der Waals surface area (Å²) >= 11 is 6.33. The molecule has 2 heterocycles. The van der Waals surface area contributed by atoms with E-state index in [-0.39, 0.29) is 11.6 Å². The van der Waals surface area contributed by atoms with Gasteiger partial charge in [0.25, 0.3) is 5.91 Å². The van der Waals surface area contributed by atoms with Crippen molar-refractivity contribution in [1.82, 2.24) is 14.1 Å². The number of aromatic nitrogens is 3. The first-order valence-corrected chi connectivity index (χ1v) is 11.3. The fourth-order valence-corrected chi connectivity index (χ4v) is 4.46. The molecule has 1 amide bonds. The van der Waals surface area contributed by atoms with Gasteiger partial charge < -0.3 is 14.2 Å². The zero-order valence-corrected chi connectivity index (χ0v) is 19.5. The predicted molar refractivity (Wildman–Crippen MR) is 133 cm³/mol. The number of para-hydroxylation sites is 1. The van der Waals surface area contributed by atoms with Crippen LogP contribution >= 0.6 is 11.6 Å². The summed E-state index contributed by atoms with van der Waals surface area (Å²) in [5, 5.41) is 20.4.